The van der Waals surface area contributed by atoms with Gasteiger partial charge in [0.05, 0.1) is 26.7 Å². The van der Waals surface area contributed by atoms with Crippen LogP contribution in [0.4, 0.5) is 4.39 Å². The molecule has 0 heterocycles. The zero-order valence-electron chi connectivity index (χ0n) is 13.5. The molecule has 0 spiro atoms. The number of amides is 1. The van der Waals surface area contributed by atoms with Gasteiger partial charge in [-0.15, -0.1) is 0 Å². The zero-order valence-corrected chi connectivity index (χ0v) is 13.5. The van der Waals surface area contributed by atoms with Crippen LogP contribution in [0.2, 0.25) is 0 Å². The fourth-order valence-electron chi connectivity index (χ4n) is 1.91. The molecule has 1 N–H and O–H groups in total. The van der Waals surface area contributed by atoms with Crippen LogP contribution in [0, 0.1) is 5.82 Å². The van der Waals surface area contributed by atoms with Crippen LogP contribution in [-0.4, -0.2) is 32.8 Å². The normalized spacial score (nSPS) is 10.1. The van der Waals surface area contributed by atoms with Crippen molar-refractivity contribution in [1.29, 1.82) is 0 Å². The third-order valence-electron chi connectivity index (χ3n) is 3.16. The molecule has 0 bridgehead atoms. The summed E-state index contributed by atoms with van der Waals surface area (Å²) < 4.78 is 28.7. The molecular formula is C18H20FNO4. The van der Waals surface area contributed by atoms with Gasteiger partial charge >= 0.3 is 0 Å². The lowest BCUT2D eigenvalue weighted by Crippen LogP contribution is -2.29. The lowest BCUT2D eigenvalue weighted by molar-refractivity contribution is -0.121. The Balaban J connectivity index is 1.56. The highest BCUT2D eigenvalue weighted by molar-refractivity contribution is 5.75. The summed E-state index contributed by atoms with van der Waals surface area (Å²) in [6, 6.07) is 12.9. The number of rotatable bonds is 9. The van der Waals surface area contributed by atoms with Crippen molar-refractivity contribution in [3.8, 4) is 17.2 Å². The Kier molecular flexibility index (Phi) is 6.89. The van der Waals surface area contributed by atoms with E-state index in [4.69, 9.17) is 14.2 Å². The second-order valence-electron chi connectivity index (χ2n) is 4.93. The molecule has 2 aromatic carbocycles. The fraction of sp³-hybridized carbons (Fsp3) is 0.278. The molecule has 2 aromatic rings. The van der Waals surface area contributed by atoms with Crippen molar-refractivity contribution < 1.29 is 23.4 Å². The molecule has 0 saturated heterocycles. The largest absolute Gasteiger partial charge is 0.497 e. The molecule has 0 aromatic heterocycles. The SMILES string of the molecule is COc1ccc(OCCNC(=O)CCOc2ccc(F)cc2)cc1. The van der Waals surface area contributed by atoms with E-state index in [0.717, 1.165) is 5.75 Å². The van der Waals surface area contributed by atoms with E-state index in [1.807, 2.05) is 0 Å². The van der Waals surface area contributed by atoms with E-state index >= 15 is 0 Å². The molecule has 0 aliphatic carbocycles. The van der Waals surface area contributed by atoms with Gasteiger partial charge in [-0.25, -0.2) is 4.39 Å². The summed E-state index contributed by atoms with van der Waals surface area (Å²) in [6.45, 7) is 1.01. The number of carbonyl (C=O) groups is 1. The summed E-state index contributed by atoms with van der Waals surface area (Å²) >= 11 is 0. The molecule has 5 nitrogen and oxygen atoms in total. The predicted molar refractivity (Wildman–Crippen MR) is 88.0 cm³/mol. The van der Waals surface area contributed by atoms with Crippen LogP contribution >= 0.6 is 0 Å². The maximum Gasteiger partial charge on any atom is 0.223 e. The average Bonchev–Trinajstić information content (AvgIpc) is 2.61. The van der Waals surface area contributed by atoms with Gasteiger partial charge in [0.1, 0.15) is 29.7 Å². The minimum Gasteiger partial charge on any atom is -0.497 e. The van der Waals surface area contributed by atoms with Crippen molar-refractivity contribution in [2.45, 2.75) is 6.42 Å². The Labute approximate surface area is 140 Å². The number of carbonyl (C=O) groups excluding carboxylic acids is 1. The van der Waals surface area contributed by atoms with Gasteiger partial charge < -0.3 is 19.5 Å². The highest BCUT2D eigenvalue weighted by Gasteiger charge is 2.02. The number of halogens is 1. The van der Waals surface area contributed by atoms with Crippen LogP contribution in [0.5, 0.6) is 17.2 Å². The Morgan fingerprint density at radius 3 is 2.08 bits per heavy atom. The van der Waals surface area contributed by atoms with Crippen molar-refractivity contribution in [3.05, 3.63) is 54.3 Å². The monoisotopic (exact) mass is 333 g/mol. The molecule has 0 aliphatic heterocycles. The van der Waals surface area contributed by atoms with E-state index in [9.17, 15) is 9.18 Å². The third-order valence-corrected chi connectivity index (χ3v) is 3.16. The van der Waals surface area contributed by atoms with Crippen molar-refractivity contribution in [1.82, 2.24) is 5.32 Å². The minimum atomic E-state index is -0.322. The summed E-state index contributed by atoms with van der Waals surface area (Å²) in [7, 11) is 1.60. The lowest BCUT2D eigenvalue weighted by Gasteiger charge is -2.09. The zero-order chi connectivity index (χ0) is 17.2. The van der Waals surface area contributed by atoms with Crippen molar-refractivity contribution in [3.63, 3.8) is 0 Å². The van der Waals surface area contributed by atoms with Crippen molar-refractivity contribution in [2.75, 3.05) is 26.9 Å². The van der Waals surface area contributed by atoms with Crippen LogP contribution < -0.4 is 19.5 Å². The number of ether oxygens (including phenoxy) is 3. The van der Waals surface area contributed by atoms with Crippen LogP contribution in [0.3, 0.4) is 0 Å². The van der Waals surface area contributed by atoms with E-state index in [1.54, 1.807) is 31.4 Å². The van der Waals surface area contributed by atoms with Crippen LogP contribution in [0.25, 0.3) is 0 Å². The first kappa shape index (κ1) is 17.6. The van der Waals surface area contributed by atoms with E-state index in [2.05, 4.69) is 5.32 Å². The molecule has 6 heteroatoms. The average molecular weight is 333 g/mol. The quantitative estimate of drug-likeness (QED) is 0.717. The second kappa shape index (κ2) is 9.39. The van der Waals surface area contributed by atoms with E-state index in [-0.39, 0.29) is 24.8 Å². The minimum absolute atomic E-state index is 0.129. The molecule has 0 radical (unpaired) electrons. The van der Waals surface area contributed by atoms with E-state index in [1.165, 1.54) is 24.3 Å². The van der Waals surface area contributed by atoms with Crippen LogP contribution in [0.1, 0.15) is 6.42 Å². The number of hydrogen-bond donors (Lipinski definition) is 1. The highest BCUT2D eigenvalue weighted by atomic mass is 19.1. The first-order valence-electron chi connectivity index (χ1n) is 7.59. The maximum absolute atomic E-state index is 12.7. The predicted octanol–water partition coefficient (Wildman–Crippen LogP) is 2.80. The van der Waals surface area contributed by atoms with Gasteiger partial charge in [0.15, 0.2) is 0 Å². The Morgan fingerprint density at radius 1 is 0.917 bits per heavy atom. The Morgan fingerprint density at radius 2 is 1.46 bits per heavy atom. The molecule has 0 aliphatic rings. The summed E-state index contributed by atoms with van der Waals surface area (Å²) in [5.41, 5.74) is 0. The third kappa shape index (κ3) is 6.16. The van der Waals surface area contributed by atoms with Gasteiger partial charge in [0.25, 0.3) is 0 Å². The molecule has 0 fully saturated rings. The Bertz CT molecular complexity index is 628. The molecule has 24 heavy (non-hydrogen) atoms. The molecule has 0 unspecified atom stereocenters. The fourth-order valence-corrected chi connectivity index (χ4v) is 1.91. The standard InChI is InChI=1S/C18H20FNO4/c1-22-15-6-8-17(9-7-15)24-13-11-20-18(21)10-12-23-16-4-2-14(19)3-5-16/h2-9H,10-13H2,1H3,(H,20,21). The van der Waals surface area contributed by atoms with Gasteiger partial charge in [-0.05, 0) is 48.5 Å². The number of methoxy groups -OCH3 is 1. The number of nitrogens with one attached hydrogen (secondary N) is 1. The maximum atomic E-state index is 12.7. The highest BCUT2D eigenvalue weighted by Crippen LogP contribution is 2.16. The topological polar surface area (TPSA) is 56.8 Å². The lowest BCUT2D eigenvalue weighted by atomic mass is 10.3. The van der Waals surface area contributed by atoms with Gasteiger partial charge in [-0.1, -0.05) is 0 Å². The van der Waals surface area contributed by atoms with Crippen LogP contribution in [0.15, 0.2) is 48.5 Å². The van der Waals surface area contributed by atoms with Crippen molar-refractivity contribution in [2.24, 2.45) is 0 Å². The number of benzene rings is 2. The van der Waals surface area contributed by atoms with Gasteiger partial charge in [0, 0.05) is 0 Å². The molecular weight excluding hydrogens is 313 g/mol. The second-order valence-corrected chi connectivity index (χ2v) is 4.93. The molecule has 2 rings (SSSR count). The van der Waals surface area contributed by atoms with E-state index in [0.29, 0.717) is 24.7 Å². The Hall–Kier alpha value is -2.76. The molecule has 1 amide bonds. The smallest absolute Gasteiger partial charge is 0.223 e. The molecule has 0 saturated carbocycles. The summed E-state index contributed by atoms with van der Waals surface area (Å²) in [5.74, 6) is 1.56. The first-order chi connectivity index (χ1) is 11.7. The molecule has 0 atom stereocenters. The molecule has 128 valence electrons. The first-order valence-corrected chi connectivity index (χ1v) is 7.59. The van der Waals surface area contributed by atoms with Gasteiger partial charge in [-0.3, -0.25) is 4.79 Å². The summed E-state index contributed by atoms with van der Waals surface area (Å²) in [6.07, 6.45) is 0.222. The van der Waals surface area contributed by atoms with Crippen LogP contribution in [-0.2, 0) is 4.79 Å². The number of hydrogen-bond acceptors (Lipinski definition) is 4. The summed E-state index contributed by atoms with van der Waals surface area (Å²) in [5, 5.41) is 2.74. The van der Waals surface area contributed by atoms with Crippen molar-refractivity contribution >= 4 is 5.91 Å². The van der Waals surface area contributed by atoms with Gasteiger partial charge in [-0.2, -0.15) is 0 Å². The summed E-state index contributed by atoms with van der Waals surface area (Å²) in [4.78, 5) is 11.7. The van der Waals surface area contributed by atoms with Gasteiger partial charge in [0.2, 0.25) is 5.91 Å². The van der Waals surface area contributed by atoms with E-state index < -0.39 is 0 Å².